The van der Waals surface area contributed by atoms with Gasteiger partial charge in [0.2, 0.25) is 11.8 Å². The number of piperidine rings is 1. The maximum absolute atomic E-state index is 13.1. The summed E-state index contributed by atoms with van der Waals surface area (Å²) < 4.78 is 5.22. The zero-order chi connectivity index (χ0) is 17.1. The second-order valence-electron chi connectivity index (χ2n) is 6.31. The average Bonchev–Trinajstić information content (AvgIpc) is 2.64. The number of methoxy groups -OCH3 is 1. The average molecular weight is 348 g/mol. The summed E-state index contributed by atoms with van der Waals surface area (Å²) in [5.74, 6) is 2.91. The lowest BCUT2D eigenvalue weighted by atomic mass is 9.83. The molecular formula is C18H24N2O3S. The number of amides is 2. The predicted octanol–water partition coefficient (Wildman–Crippen LogP) is 2.18. The van der Waals surface area contributed by atoms with Crippen LogP contribution < -0.4 is 4.74 Å². The number of thioether (sulfide) groups is 1. The Hall–Kier alpha value is -1.69. The second kappa shape index (κ2) is 7.47. The molecule has 0 aromatic heterocycles. The minimum Gasteiger partial charge on any atom is -0.497 e. The van der Waals surface area contributed by atoms with Gasteiger partial charge in [-0.3, -0.25) is 9.59 Å². The highest BCUT2D eigenvalue weighted by Crippen LogP contribution is 2.37. The Balaban J connectivity index is 1.86. The molecule has 2 atom stereocenters. The van der Waals surface area contributed by atoms with Crippen molar-refractivity contribution in [3.05, 3.63) is 29.8 Å². The van der Waals surface area contributed by atoms with Crippen molar-refractivity contribution in [2.24, 2.45) is 5.92 Å². The van der Waals surface area contributed by atoms with E-state index in [-0.39, 0.29) is 23.8 Å². The van der Waals surface area contributed by atoms with E-state index in [2.05, 4.69) is 0 Å². The first-order valence-corrected chi connectivity index (χ1v) is 9.53. The van der Waals surface area contributed by atoms with Gasteiger partial charge < -0.3 is 14.5 Å². The molecule has 2 saturated heterocycles. The van der Waals surface area contributed by atoms with Crippen molar-refractivity contribution >= 4 is 23.6 Å². The summed E-state index contributed by atoms with van der Waals surface area (Å²) in [6, 6.07) is 7.51. The van der Waals surface area contributed by atoms with Crippen molar-refractivity contribution in [3.63, 3.8) is 0 Å². The summed E-state index contributed by atoms with van der Waals surface area (Å²) in [6.45, 7) is 1.62. The van der Waals surface area contributed by atoms with Gasteiger partial charge in [0.15, 0.2) is 0 Å². The fourth-order valence-corrected chi connectivity index (χ4v) is 4.48. The van der Waals surface area contributed by atoms with Gasteiger partial charge in [-0.2, -0.15) is 11.8 Å². The third-order valence-electron chi connectivity index (χ3n) is 4.96. The van der Waals surface area contributed by atoms with Crippen LogP contribution in [0, 0.1) is 5.92 Å². The van der Waals surface area contributed by atoms with Crippen LogP contribution in [0.4, 0.5) is 0 Å². The van der Waals surface area contributed by atoms with Gasteiger partial charge >= 0.3 is 0 Å². The Morgan fingerprint density at radius 1 is 1.21 bits per heavy atom. The molecule has 3 rings (SSSR count). The molecule has 130 valence electrons. The first-order chi connectivity index (χ1) is 11.6. The number of benzene rings is 1. The van der Waals surface area contributed by atoms with Crippen molar-refractivity contribution in [2.45, 2.75) is 18.9 Å². The van der Waals surface area contributed by atoms with Gasteiger partial charge in [-0.1, -0.05) is 12.1 Å². The Morgan fingerprint density at radius 3 is 2.50 bits per heavy atom. The molecule has 0 N–H and O–H groups in total. The summed E-state index contributed by atoms with van der Waals surface area (Å²) >= 11 is 1.89. The standard InChI is InChI=1S/C18H24N2O3S/c1-19-16(21)8-7-15(18(22)20-9-11-24-12-10-20)17(19)13-3-5-14(23-2)6-4-13/h3-6,15,17H,7-12H2,1-2H3/t15-,17-/m1/s1. The molecule has 0 bridgehead atoms. The number of likely N-dealkylation sites (tertiary alicyclic amines) is 1. The van der Waals surface area contributed by atoms with Crippen molar-refractivity contribution in [3.8, 4) is 5.75 Å². The molecule has 0 aliphatic carbocycles. The van der Waals surface area contributed by atoms with Crippen LogP contribution in [0.1, 0.15) is 24.4 Å². The molecule has 0 spiro atoms. The van der Waals surface area contributed by atoms with Crippen LogP contribution in [0.15, 0.2) is 24.3 Å². The summed E-state index contributed by atoms with van der Waals surface area (Å²) in [5.41, 5.74) is 0.996. The van der Waals surface area contributed by atoms with Crippen molar-refractivity contribution in [1.29, 1.82) is 0 Å². The van der Waals surface area contributed by atoms with Crippen LogP contribution in [-0.4, -0.2) is 60.4 Å². The van der Waals surface area contributed by atoms with Crippen LogP contribution in [0.25, 0.3) is 0 Å². The zero-order valence-corrected chi connectivity index (χ0v) is 15.1. The third kappa shape index (κ3) is 3.38. The molecule has 2 aliphatic heterocycles. The highest BCUT2D eigenvalue weighted by atomic mass is 32.2. The minimum absolute atomic E-state index is 0.106. The van der Waals surface area contributed by atoms with Crippen molar-refractivity contribution in [1.82, 2.24) is 9.80 Å². The zero-order valence-electron chi connectivity index (χ0n) is 14.2. The van der Waals surface area contributed by atoms with Gasteiger partial charge in [0, 0.05) is 38.1 Å². The highest BCUT2D eigenvalue weighted by Gasteiger charge is 2.40. The highest BCUT2D eigenvalue weighted by molar-refractivity contribution is 7.99. The van der Waals surface area contributed by atoms with Crippen molar-refractivity contribution in [2.75, 3.05) is 38.8 Å². The molecule has 2 fully saturated rings. The molecule has 5 nitrogen and oxygen atoms in total. The molecule has 6 heteroatoms. The predicted molar refractivity (Wildman–Crippen MR) is 95.1 cm³/mol. The fourth-order valence-electron chi connectivity index (χ4n) is 3.57. The van der Waals surface area contributed by atoms with E-state index in [1.54, 1.807) is 12.0 Å². The van der Waals surface area contributed by atoms with Gasteiger partial charge in [0.25, 0.3) is 0 Å². The first kappa shape index (κ1) is 17.1. The molecule has 2 amide bonds. The third-order valence-corrected chi connectivity index (χ3v) is 5.90. The van der Waals surface area contributed by atoms with Gasteiger partial charge in [-0.15, -0.1) is 0 Å². The molecule has 0 unspecified atom stereocenters. The van der Waals surface area contributed by atoms with Crippen LogP contribution in [-0.2, 0) is 9.59 Å². The molecule has 1 aromatic carbocycles. The summed E-state index contributed by atoms with van der Waals surface area (Å²) in [4.78, 5) is 29.0. The number of hydrogen-bond donors (Lipinski definition) is 0. The van der Waals surface area contributed by atoms with Gasteiger partial charge in [0.05, 0.1) is 19.1 Å². The van der Waals surface area contributed by atoms with E-state index >= 15 is 0 Å². The Kier molecular flexibility index (Phi) is 5.33. The fraction of sp³-hybridized carbons (Fsp3) is 0.556. The minimum atomic E-state index is -0.195. The number of rotatable bonds is 3. The van der Waals surface area contributed by atoms with E-state index in [1.807, 2.05) is 48.0 Å². The van der Waals surface area contributed by atoms with E-state index in [1.165, 1.54) is 0 Å². The summed E-state index contributed by atoms with van der Waals surface area (Å²) in [6.07, 6.45) is 1.07. The van der Waals surface area contributed by atoms with E-state index in [9.17, 15) is 9.59 Å². The van der Waals surface area contributed by atoms with Gasteiger partial charge in [0.1, 0.15) is 5.75 Å². The largest absolute Gasteiger partial charge is 0.497 e. The number of ether oxygens (including phenoxy) is 1. The lowest BCUT2D eigenvalue weighted by molar-refractivity contribution is -0.146. The SMILES string of the molecule is COc1ccc([C@@H]2[C@H](C(=O)N3CCSCC3)CCC(=O)N2C)cc1. The van der Waals surface area contributed by atoms with Crippen molar-refractivity contribution < 1.29 is 14.3 Å². The number of carbonyl (C=O) groups is 2. The summed E-state index contributed by atoms with van der Waals surface area (Å²) in [5, 5.41) is 0. The molecule has 24 heavy (non-hydrogen) atoms. The maximum Gasteiger partial charge on any atom is 0.228 e. The molecule has 2 heterocycles. The Bertz CT molecular complexity index is 599. The molecule has 1 aromatic rings. The topological polar surface area (TPSA) is 49.9 Å². The first-order valence-electron chi connectivity index (χ1n) is 8.38. The molecule has 0 saturated carbocycles. The molecule has 0 radical (unpaired) electrons. The number of nitrogens with zero attached hydrogens (tertiary/aromatic N) is 2. The lowest BCUT2D eigenvalue weighted by Gasteiger charge is -2.41. The van der Waals surface area contributed by atoms with Crippen LogP contribution >= 0.6 is 11.8 Å². The van der Waals surface area contributed by atoms with Crippen LogP contribution in [0.5, 0.6) is 5.75 Å². The van der Waals surface area contributed by atoms with Gasteiger partial charge in [-0.05, 0) is 24.1 Å². The van der Waals surface area contributed by atoms with Crippen LogP contribution in [0.2, 0.25) is 0 Å². The van der Waals surface area contributed by atoms with E-state index in [0.717, 1.165) is 35.9 Å². The Labute approximate surface area is 147 Å². The van der Waals surface area contributed by atoms with Gasteiger partial charge in [-0.25, -0.2) is 0 Å². The summed E-state index contributed by atoms with van der Waals surface area (Å²) in [7, 11) is 3.44. The van der Waals surface area contributed by atoms with E-state index in [0.29, 0.717) is 12.8 Å². The normalized spacial score (nSPS) is 24.8. The molecular weight excluding hydrogens is 324 g/mol. The Morgan fingerprint density at radius 2 is 1.88 bits per heavy atom. The monoisotopic (exact) mass is 348 g/mol. The maximum atomic E-state index is 13.1. The number of hydrogen-bond acceptors (Lipinski definition) is 4. The van der Waals surface area contributed by atoms with Crippen LogP contribution in [0.3, 0.4) is 0 Å². The lowest BCUT2D eigenvalue weighted by Crippen LogP contribution is -2.49. The van der Waals surface area contributed by atoms with E-state index < -0.39 is 0 Å². The van der Waals surface area contributed by atoms with E-state index in [4.69, 9.17) is 4.74 Å². The smallest absolute Gasteiger partial charge is 0.228 e. The molecule has 2 aliphatic rings. The number of carbonyl (C=O) groups excluding carboxylic acids is 2. The second-order valence-corrected chi connectivity index (χ2v) is 7.53. The quantitative estimate of drug-likeness (QED) is 0.840.